The largest absolute Gasteiger partial charge is 0.496 e. The van der Waals surface area contributed by atoms with Crippen LogP contribution >= 0.6 is 0 Å². The zero-order valence-electron chi connectivity index (χ0n) is 9.83. The zero-order chi connectivity index (χ0) is 11.3. The highest BCUT2D eigenvalue weighted by Gasteiger charge is 2.09. The van der Waals surface area contributed by atoms with Crippen LogP contribution in [-0.4, -0.2) is 27.9 Å². The molecule has 0 radical (unpaired) electrons. The van der Waals surface area contributed by atoms with Gasteiger partial charge in [-0.1, -0.05) is 12.1 Å². The summed E-state index contributed by atoms with van der Waals surface area (Å²) in [6.45, 7) is 2.71. The number of aryl methyl sites for hydroxylation is 1. The van der Waals surface area contributed by atoms with Crippen LogP contribution in [0.25, 0.3) is 0 Å². The van der Waals surface area contributed by atoms with Gasteiger partial charge in [-0.15, -0.1) is 0 Å². The molecule has 15 heavy (non-hydrogen) atoms. The molecule has 0 amide bonds. The highest BCUT2D eigenvalue weighted by atomic mass is 16.5. The standard InChI is InChI=1S/C12H19NO2/c1-9-7-10(5-6-12(9)15-4)11(13-2)8-14-3/h5-7,11,13H,8H2,1-4H3. The zero-order valence-corrected chi connectivity index (χ0v) is 9.83. The average molecular weight is 209 g/mol. The van der Waals surface area contributed by atoms with E-state index in [1.54, 1.807) is 14.2 Å². The summed E-state index contributed by atoms with van der Waals surface area (Å²) in [5, 5.41) is 3.22. The second-order valence-corrected chi connectivity index (χ2v) is 3.53. The minimum absolute atomic E-state index is 0.236. The smallest absolute Gasteiger partial charge is 0.121 e. The van der Waals surface area contributed by atoms with Crippen LogP contribution in [0, 0.1) is 6.92 Å². The molecule has 1 N–H and O–H groups in total. The van der Waals surface area contributed by atoms with E-state index < -0.39 is 0 Å². The molecule has 0 aromatic heterocycles. The monoisotopic (exact) mass is 209 g/mol. The van der Waals surface area contributed by atoms with Gasteiger partial charge in [0, 0.05) is 7.11 Å². The van der Waals surface area contributed by atoms with Crippen molar-refractivity contribution in [2.75, 3.05) is 27.9 Å². The van der Waals surface area contributed by atoms with E-state index in [-0.39, 0.29) is 6.04 Å². The Kier molecular flexibility index (Phi) is 4.59. The van der Waals surface area contributed by atoms with Crippen LogP contribution in [0.15, 0.2) is 18.2 Å². The number of benzene rings is 1. The summed E-state index contributed by atoms with van der Waals surface area (Å²) in [5.41, 5.74) is 2.36. The number of hydrogen-bond acceptors (Lipinski definition) is 3. The molecule has 0 heterocycles. The van der Waals surface area contributed by atoms with Crippen LogP contribution in [0.1, 0.15) is 17.2 Å². The van der Waals surface area contributed by atoms with Crippen LogP contribution < -0.4 is 10.1 Å². The van der Waals surface area contributed by atoms with Crippen molar-refractivity contribution in [3.63, 3.8) is 0 Å². The Hall–Kier alpha value is -1.06. The van der Waals surface area contributed by atoms with Gasteiger partial charge in [0.05, 0.1) is 19.8 Å². The van der Waals surface area contributed by atoms with Crippen molar-refractivity contribution in [2.45, 2.75) is 13.0 Å². The van der Waals surface area contributed by atoms with E-state index >= 15 is 0 Å². The Morgan fingerprint density at radius 3 is 2.53 bits per heavy atom. The van der Waals surface area contributed by atoms with Crippen molar-refractivity contribution in [3.05, 3.63) is 29.3 Å². The molecular weight excluding hydrogens is 190 g/mol. The SMILES string of the molecule is CNC(COC)c1ccc(OC)c(C)c1. The van der Waals surface area contributed by atoms with Gasteiger partial charge in [0.1, 0.15) is 5.75 Å². The molecule has 0 spiro atoms. The van der Waals surface area contributed by atoms with Gasteiger partial charge in [-0.25, -0.2) is 0 Å². The summed E-state index contributed by atoms with van der Waals surface area (Å²) in [5.74, 6) is 0.922. The first-order valence-corrected chi connectivity index (χ1v) is 5.03. The third kappa shape index (κ3) is 2.94. The lowest BCUT2D eigenvalue weighted by Gasteiger charge is -2.17. The molecule has 3 nitrogen and oxygen atoms in total. The molecule has 0 saturated carbocycles. The fourth-order valence-corrected chi connectivity index (χ4v) is 1.63. The summed E-state index contributed by atoms with van der Waals surface area (Å²) >= 11 is 0. The fraction of sp³-hybridized carbons (Fsp3) is 0.500. The molecule has 1 aromatic rings. The maximum atomic E-state index is 5.22. The van der Waals surface area contributed by atoms with Crippen molar-refractivity contribution in [2.24, 2.45) is 0 Å². The van der Waals surface area contributed by atoms with Gasteiger partial charge >= 0.3 is 0 Å². The van der Waals surface area contributed by atoms with E-state index in [0.717, 1.165) is 11.3 Å². The molecular formula is C12H19NO2. The topological polar surface area (TPSA) is 30.5 Å². The second kappa shape index (κ2) is 5.73. The lowest BCUT2D eigenvalue weighted by atomic mass is 10.0. The van der Waals surface area contributed by atoms with Gasteiger partial charge in [0.2, 0.25) is 0 Å². The second-order valence-electron chi connectivity index (χ2n) is 3.53. The van der Waals surface area contributed by atoms with E-state index in [1.807, 2.05) is 20.0 Å². The Morgan fingerprint density at radius 2 is 2.07 bits per heavy atom. The van der Waals surface area contributed by atoms with E-state index in [1.165, 1.54) is 5.56 Å². The molecule has 1 rings (SSSR count). The summed E-state index contributed by atoms with van der Waals surface area (Å²) in [6, 6.07) is 6.41. The Balaban J connectivity index is 2.89. The number of nitrogens with one attached hydrogen (secondary N) is 1. The molecule has 0 fully saturated rings. The lowest BCUT2D eigenvalue weighted by molar-refractivity contribution is 0.170. The molecule has 0 aliphatic rings. The maximum absolute atomic E-state index is 5.22. The van der Waals surface area contributed by atoms with Crippen LogP contribution in [0.2, 0.25) is 0 Å². The maximum Gasteiger partial charge on any atom is 0.121 e. The van der Waals surface area contributed by atoms with E-state index in [2.05, 4.69) is 17.4 Å². The minimum atomic E-state index is 0.236. The Bertz CT molecular complexity index is 312. The fourth-order valence-electron chi connectivity index (χ4n) is 1.63. The first-order chi connectivity index (χ1) is 7.22. The van der Waals surface area contributed by atoms with Crippen LogP contribution in [0.4, 0.5) is 0 Å². The number of ether oxygens (including phenoxy) is 2. The minimum Gasteiger partial charge on any atom is -0.496 e. The van der Waals surface area contributed by atoms with Gasteiger partial charge in [-0.05, 0) is 31.2 Å². The van der Waals surface area contributed by atoms with Crippen molar-refractivity contribution < 1.29 is 9.47 Å². The summed E-state index contributed by atoms with van der Waals surface area (Å²) in [6.07, 6.45) is 0. The normalized spacial score (nSPS) is 12.5. The highest BCUT2D eigenvalue weighted by Crippen LogP contribution is 2.22. The molecule has 84 valence electrons. The van der Waals surface area contributed by atoms with E-state index in [4.69, 9.17) is 9.47 Å². The van der Waals surface area contributed by atoms with Crippen LogP contribution in [0.3, 0.4) is 0 Å². The van der Waals surface area contributed by atoms with Crippen molar-refractivity contribution in [1.29, 1.82) is 0 Å². The van der Waals surface area contributed by atoms with Gasteiger partial charge in [0.15, 0.2) is 0 Å². The Morgan fingerprint density at radius 1 is 1.33 bits per heavy atom. The number of hydrogen-bond donors (Lipinski definition) is 1. The summed E-state index contributed by atoms with van der Waals surface area (Å²) in [4.78, 5) is 0. The molecule has 1 atom stereocenters. The Labute approximate surface area is 91.4 Å². The summed E-state index contributed by atoms with van der Waals surface area (Å²) < 4.78 is 10.4. The quantitative estimate of drug-likeness (QED) is 0.803. The molecule has 0 bridgehead atoms. The molecule has 0 aliphatic heterocycles. The van der Waals surface area contributed by atoms with Crippen molar-refractivity contribution in [3.8, 4) is 5.75 Å². The predicted molar refractivity (Wildman–Crippen MR) is 61.4 cm³/mol. The van der Waals surface area contributed by atoms with Gasteiger partial charge in [-0.2, -0.15) is 0 Å². The third-order valence-corrected chi connectivity index (χ3v) is 2.50. The van der Waals surface area contributed by atoms with Crippen LogP contribution in [-0.2, 0) is 4.74 Å². The van der Waals surface area contributed by atoms with Gasteiger partial charge in [-0.3, -0.25) is 0 Å². The molecule has 0 saturated heterocycles. The highest BCUT2D eigenvalue weighted by molar-refractivity contribution is 5.37. The van der Waals surface area contributed by atoms with Crippen molar-refractivity contribution >= 4 is 0 Å². The first kappa shape index (κ1) is 12.0. The van der Waals surface area contributed by atoms with Crippen LogP contribution in [0.5, 0.6) is 5.75 Å². The number of likely N-dealkylation sites (N-methyl/N-ethyl adjacent to an activating group) is 1. The van der Waals surface area contributed by atoms with E-state index in [9.17, 15) is 0 Å². The molecule has 1 aromatic carbocycles. The molecule has 0 aliphatic carbocycles. The lowest BCUT2D eigenvalue weighted by Crippen LogP contribution is -2.21. The van der Waals surface area contributed by atoms with Gasteiger partial charge in [0.25, 0.3) is 0 Å². The van der Waals surface area contributed by atoms with E-state index in [0.29, 0.717) is 6.61 Å². The molecule has 1 unspecified atom stereocenters. The predicted octanol–water partition coefficient (Wildman–Crippen LogP) is 1.91. The third-order valence-electron chi connectivity index (χ3n) is 2.50. The number of rotatable bonds is 5. The molecule has 3 heteroatoms. The first-order valence-electron chi connectivity index (χ1n) is 5.03. The van der Waals surface area contributed by atoms with Gasteiger partial charge < -0.3 is 14.8 Å². The van der Waals surface area contributed by atoms with Crippen molar-refractivity contribution in [1.82, 2.24) is 5.32 Å². The average Bonchev–Trinajstić information content (AvgIpc) is 2.25. The summed E-state index contributed by atoms with van der Waals surface area (Å²) in [7, 11) is 5.33. The number of methoxy groups -OCH3 is 2.